The zero-order valence-corrected chi connectivity index (χ0v) is 14.3. The number of thioether (sulfide) groups is 1. The molecule has 0 radical (unpaired) electrons. The predicted molar refractivity (Wildman–Crippen MR) is 84.9 cm³/mol. The van der Waals surface area contributed by atoms with E-state index < -0.39 is 0 Å². The van der Waals surface area contributed by atoms with E-state index in [0.29, 0.717) is 40.4 Å². The van der Waals surface area contributed by atoms with Crippen LogP contribution in [-0.4, -0.2) is 44.0 Å². The predicted octanol–water partition coefficient (Wildman–Crippen LogP) is 2.91. The SMILES string of the molecule is Cc1cc(-c2nnc(SCC(=O)N3[C@H](C)CCC[C@H]3C)o2)no1. The zero-order chi connectivity index (χ0) is 16.4. The molecule has 124 valence electrons. The minimum atomic E-state index is 0.117. The van der Waals surface area contributed by atoms with Gasteiger partial charge in [0.15, 0.2) is 5.69 Å². The molecule has 0 unspecified atom stereocenters. The Morgan fingerprint density at radius 1 is 1.35 bits per heavy atom. The molecule has 3 rings (SSSR count). The minimum absolute atomic E-state index is 0.117. The molecule has 0 spiro atoms. The van der Waals surface area contributed by atoms with E-state index in [0.717, 1.165) is 12.8 Å². The lowest BCUT2D eigenvalue weighted by Crippen LogP contribution is -2.48. The second-order valence-electron chi connectivity index (χ2n) is 5.91. The normalized spacial score (nSPS) is 21.6. The first-order chi connectivity index (χ1) is 11.0. The van der Waals surface area contributed by atoms with Crippen molar-refractivity contribution in [3.8, 4) is 11.6 Å². The highest BCUT2D eigenvalue weighted by Gasteiger charge is 2.29. The Balaban J connectivity index is 1.60. The van der Waals surface area contributed by atoms with Gasteiger partial charge in [0.1, 0.15) is 5.76 Å². The molecule has 1 aliphatic rings. The third kappa shape index (κ3) is 3.57. The van der Waals surface area contributed by atoms with Gasteiger partial charge in [-0.1, -0.05) is 16.9 Å². The summed E-state index contributed by atoms with van der Waals surface area (Å²) in [5.41, 5.74) is 0.506. The lowest BCUT2D eigenvalue weighted by Gasteiger charge is -2.39. The summed E-state index contributed by atoms with van der Waals surface area (Å²) in [6, 6.07) is 2.32. The zero-order valence-electron chi connectivity index (χ0n) is 13.5. The Morgan fingerprint density at radius 2 is 2.09 bits per heavy atom. The number of rotatable bonds is 4. The van der Waals surface area contributed by atoms with Gasteiger partial charge in [0.2, 0.25) is 5.91 Å². The number of aromatic nitrogens is 3. The molecule has 23 heavy (non-hydrogen) atoms. The van der Waals surface area contributed by atoms with Crippen molar-refractivity contribution in [2.75, 3.05) is 5.75 Å². The van der Waals surface area contributed by atoms with Gasteiger partial charge in [-0.2, -0.15) is 0 Å². The molecule has 8 heteroatoms. The standard InChI is InChI=1S/C15H20N4O3S/c1-9-5-4-6-10(2)19(9)13(20)8-23-15-17-16-14(21-15)12-7-11(3)22-18-12/h7,9-10H,4-6,8H2,1-3H3/t9-,10-/m1/s1. The number of aryl methyl sites for hydroxylation is 1. The molecule has 0 aliphatic carbocycles. The molecule has 1 amide bonds. The van der Waals surface area contributed by atoms with Crippen molar-refractivity contribution in [2.45, 2.75) is 57.3 Å². The van der Waals surface area contributed by atoms with Crippen LogP contribution in [0, 0.1) is 6.92 Å². The Labute approximate surface area is 138 Å². The lowest BCUT2D eigenvalue weighted by atomic mass is 9.98. The van der Waals surface area contributed by atoms with Crippen LogP contribution in [0.15, 0.2) is 20.2 Å². The Morgan fingerprint density at radius 3 is 2.74 bits per heavy atom. The van der Waals surface area contributed by atoms with E-state index in [1.807, 2.05) is 4.90 Å². The van der Waals surface area contributed by atoms with Gasteiger partial charge in [-0.25, -0.2) is 0 Å². The van der Waals surface area contributed by atoms with Crippen molar-refractivity contribution in [1.82, 2.24) is 20.3 Å². The van der Waals surface area contributed by atoms with Gasteiger partial charge in [-0.15, -0.1) is 10.2 Å². The van der Waals surface area contributed by atoms with Crippen LogP contribution in [0.2, 0.25) is 0 Å². The molecule has 0 aromatic carbocycles. The first-order valence-corrected chi connectivity index (χ1v) is 8.74. The van der Waals surface area contributed by atoms with E-state index in [4.69, 9.17) is 8.94 Å². The minimum Gasteiger partial charge on any atom is -0.409 e. The van der Waals surface area contributed by atoms with Crippen LogP contribution >= 0.6 is 11.8 Å². The summed E-state index contributed by atoms with van der Waals surface area (Å²) in [6.07, 6.45) is 3.32. The number of hydrogen-bond donors (Lipinski definition) is 0. The van der Waals surface area contributed by atoms with Crippen molar-refractivity contribution in [2.24, 2.45) is 0 Å². The molecule has 0 N–H and O–H groups in total. The number of hydrogen-bond acceptors (Lipinski definition) is 7. The van der Waals surface area contributed by atoms with Gasteiger partial charge in [0.05, 0.1) is 5.75 Å². The van der Waals surface area contributed by atoms with Crippen LogP contribution in [0.5, 0.6) is 0 Å². The molecule has 3 heterocycles. The summed E-state index contributed by atoms with van der Waals surface area (Å²) < 4.78 is 10.5. The van der Waals surface area contributed by atoms with E-state index in [2.05, 4.69) is 29.2 Å². The molecule has 1 aliphatic heterocycles. The maximum Gasteiger partial charge on any atom is 0.277 e. The smallest absolute Gasteiger partial charge is 0.277 e. The van der Waals surface area contributed by atoms with E-state index >= 15 is 0 Å². The first kappa shape index (κ1) is 16.0. The molecule has 7 nitrogen and oxygen atoms in total. The first-order valence-electron chi connectivity index (χ1n) is 7.75. The summed E-state index contributed by atoms with van der Waals surface area (Å²) in [5.74, 6) is 1.40. The number of likely N-dealkylation sites (tertiary alicyclic amines) is 1. The quantitative estimate of drug-likeness (QED) is 0.793. The second kappa shape index (κ2) is 6.74. The fraction of sp³-hybridized carbons (Fsp3) is 0.600. The van der Waals surface area contributed by atoms with Crippen LogP contribution in [0.1, 0.15) is 38.9 Å². The van der Waals surface area contributed by atoms with E-state index in [9.17, 15) is 4.79 Å². The van der Waals surface area contributed by atoms with Crippen LogP contribution in [0.4, 0.5) is 0 Å². The van der Waals surface area contributed by atoms with Crippen LogP contribution in [0.3, 0.4) is 0 Å². The van der Waals surface area contributed by atoms with Gasteiger partial charge >= 0.3 is 0 Å². The topological polar surface area (TPSA) is 85.3 Å². The fourth-order valence-electron chi connectivity index (χ4n) is 2.95. The van der Waals surface area contributed by atoms with Gasteiger partial charge in [-0.3, -0.25) is 4.79 Å². The summed E-state index contributed by atoms with van der Waals surface area (Å²) >= 11 is 1.26. The highest BCUT2D eigenvalue weighted by Crippen LogP contribution is 2.26. The van der Waals surface area contributed by atoms with Crippen LogP contribution < -0.4 is 0 Å². The molecule has 2 atom stereocenters. The third-order valence-corrected chi connectivity index (χ3v) is 4.86. The number of carbonyl (C=O) groups is 1. The largest absolute Gasteiger partial charge is 0.409 e. The highest BCUT2D eigenvalue weighted by molar-refractivity contribution is 7.99. The third-order valence-electron chi connectivity index (χ3n) is 4.05. The lowest BCUT2D eigenvalue weighted by molar-refractivity contribution is -0.134. The van der Waals surface area contributed by atoms with E-state index in [1.54, 1.807) is 13.0 Å². The summed E-state index contributed by atoms with van der Waals surface area (Å²) in [6.45, 7) is 6.01. The van der Waals surface area contributed by atoms with Crippen molar-refractivity contribution in [1.29, 1.82) is 0 Å². The number of amides is 1. The molecule has 0 bridgehead atoms. The Hall–Kier alpha value is -1.83. The van der Waals surface area contributed by atoms with Gasteiger partial charge < -0.3 is 13.8 Å². The average molecular weight is 336 g/mol. The maximum atomic E-state index is 12.5. The molecule has 1 saturated heterocycles. The van der Waals surface area contributed by atoms with Crippen molar-refractivity contribution in [3.63, 3.8) is 0 Å². The monoisotopic (exact) mass is 336 g/mol. The van der Waals surface area contributed by atoms with Crippen LogP contribution in [-0.2, 0) is 4.79 Å². The fourth-order valence-corrected chi connectivity index (χ4v) is 3.58. The van der Waals surface area contributed by atoms with Crippen molar-refractivity contribution in [3.05, 3.63) is 11.8 Å². The maximum absolute atomic E-state index is 12.5. The van der Waals surface area contributed by atoms with Crippen LogP contribution in [0.25, 0.3) is 11.6 Å². The Kier molecular flexibility index (Phi) is 4.70. The van der Waals surface area contributed by atoms with Gasteiger partial charge in [-0.05, 0) is 40.0 Å². The number of piperidine rings is 1. The Bertz CT molecular complexity index is 674. The summed E-state index contributed by atoms with van der Waals surface area (Å²) in [7, 11) is 0. The van der Waals surface area contributed by atoms with E-state index in [1.165, 1.54) is 18.2 Å². The molecular formula is C15H20N4O3S. The average Bonchev–Trinajstić information content (AvgIpc) is 3.13. The molecule has 2 aromatic heterocycles. The summed E-state index contributed by atoms with van der Waals surface area (Å²) in [4.78, 5) is 14.4. The van der Waals surface area contributed by atoms with Gasteiger partial charge in [0.25, 0.3) is 11.1 Å². The van der Waals surface area contributed by atoms with Crippen molar-refractivity contribution >= 4 is 17.7 Å². The molecule has 1 fully saturated rings. The second-order valence-corrected chi connectivity index (χ2v) is 6.84. The van der Waals surface area contributed by atoms with E-state index in [-0.39, 0.29) is 5.91 Å². The molecule has 0 saturated carbocycles. The molecule has 2 aromatic rings. The van der Waals surface area contributed by atoms with Gasteiger partial charge in [0, 0.05) is 18.2 Å². The van der Waals surface area contributed by atoms with Crippen molar-refractivity contribution < 1.29 is 13.7 Å². The molecular weight excluding hydrogens is 316 g/mol. The number of nitrogens with zero attached hydrogens (tertiary/aromatic N) is 4. The highest BCUT2D eigenvalue weighted by atomic mass is 32.2. The summed E-state index contributed by atoms with van der Waals surface area (Å²) in [5, 5.41) is 12.1. The number of carbonyl (C=O) groups excluding carboxylic acids is 1.